The van der Waals surface area contributed by atoms with E-state index in [4.69, 9.17) is 4.74 Å². The average Bonchev–Trinajstić information content (AvgIpc) is 2.51. The molecule has 0 aromatic rings. The number of ether oxygens (including phenoxy) is 1. The lowest BCUT2D eigenvalue weighted by Gasteiger charge is -2.17. The third-order valence-electron chi connectivity index (χ3n) is 2.12. The lowest BCUT2D eigenvalue weighted by molar-refractivity contribution is -0.306. The molecule has 0 spiro atoms. The Morgan fingerprint density at radius 1 is 1.64 bits per heavy atom. The van der Waals surface area contributed by atoms with Crippen LogP contribution in [-0.2, 0) is 9.53 Å². The Morgan fingerprint density at radius 2 is 2.43 bits per heavy atom. The summed E-state index contributed by atoms with van der Waals surface area (Å²) in [4.78, 5) is 16.4. The fourth-order valence-corrected chi connectivity index (χ4v) is 1.30. The Balaban J connectivity index is 1.99. The third-order valence-corrected chi connectivity index (χ3v) is 2.12. The number of carbonyl (C=O) groups excluding carboxylic acids is 1. The van der Waals surface area contributed by atoms with Crippen LogP contribution in [0, 0.1) is 0 Å². The molecule has 1 aliphatic rings. The van der Waals surface area contributed by atoms with Crippen molar-refractivity contribution in [3.8, 4) is 0 Å². The second-order valence-corrected chi connectivity index (χ2v) is 3.15. The summed E-state index contributed by atoms with van der Waals surface area (Å²) in [6.07, 6.45) is -0.0347. The van der Waals surface area contributed by atoms with Crippen molar-refractivity contribution in [1.29, 1.82) is 0 Å². The van der Waals surface area contributed by atoms with Gasteiger partial charge in [0, 0.05) is 25.5 Å². The van der Waals surface area contributed by atoms with Crippen LogP contribution in [0.5, 0.6) is 0 Å². The lowest BCUT2D eigenvalue weighted by atomic mass is 10.4. The smallest absolute Gasteiger partial charge is 0.0959 e. The molecule has 0 atom stereocenters. The molecule has 5 heteroatoms. The topological polar surface area (TPSA) is 65.0 Å². The van der Waals surface area contributed by atoms with Crippen molar-refractivity contribution in [2.24, 2.45) is 4.99 Å². The highest BCUT2D eigenvalue weighted by Crippen LogP contribution is 1.99. The maximum Gasteiger partial charge on any atom is 0.0959 e. The monoisotopic (exact) mass is 199 g/mol. The zero-order chi connectivity index (χ0) is 10.4. The summed E-state index contributed by atoms with van der Waals surface area (Å²) >= 11 is 0. The molecular formula is C9H15N2O3-. The lowest BCUT2D eigenvalue weighted by Crippen LogP contribution is -2.30. The third kappa shape index (κ3) is 3.74. The van der Waals surface area contributed by atoms with Gasteiger partial charge < -0.3 is 19.5 Å². The first-order valence-corrected chi connectivity index (χ1v) is 4.74. The molecule has 0 aliphatic carbocycles. The standard InChI is InChI=1S/C9H16N2O3/c1-8-10-3-4-11(8)5-7-14-6-2-9(12)13/h2-7H2,1H3,(H,12,13)/p-1. The van der Waals surface area contributed by atoms with Crippen molar-refractivity contribution >= 4 is 11.8 Å². The molecule has 1 heterocycles. The van der Waals surface area contributed by atoms with Gasteiger partial charge in [0.05, 0.1) is 25.6 Å². The minimum absolute atomic E-state index is 0.0347. The summed E-state index contributed by atoms with van der Waals surface area (Å²) in [6, 6.07) is 0. The van der Waals surface area contributed by atoms with Crippen molar-refractivity contribution in [2.75, 3.05) is 32.8 Å². The number of rotatable bonds is 6. The van der Waals surface area contributed by atoms with Crippen LogP contribution >= 0.6 is 0 Å². The number of carbonyl (C=O) groups is 1. The van der Waals surface area contributed by atoms with Crippen LogP contribution in [0.2, 0.25) is 0 Å². The number of amidine groups is 1. The van der Waals surface area contributed by atoms with E-state index in [0.717, 1.165) is 25.5 Å². The highest BCUT2D eigenvalue weighted by Gasteiger charge is 2.10. The number of nitrogens with zero attached hydrogens (tertiary/aromatic N) is 2. The summed E-state index contributed by atoms with van der Waals surface area (Å²) in [7, 11) is 0. The number of aliphatic carboxylic acids is 1. The van der Waals surface area contributed by atoms with E-state index in [-0.39, 0.29) is 13.0 Å². The predicted octanol–water partition coefficient (Wildman–Crippen LogP) is -1.12. The predicted molar refractivity (Wildman–Crippen MR) is 50.0 cm³/mol. The van der Waals surface area contributed by atoms with Crippen LogP contribution in [0.15, 0.2) is 4.99 Å². The minimum Gasteiger partial charge on any atom is -0.550 e. The minimum atomic E-state index is -1.07. The number of carboxylic acids is 1. The van der Waals surface area contributed by atoms with Gasteiger partial charge in [0.25, 0.3) is 0 Å². The highest BCUT2D eigenvalue weighted by atomic mass is 16.5. The maximum absolute atomic E-state index is 10.1. The van der Waals surface area contributed by atoms with Crippen LogP contribution in [0.3, 0.4) is 0 Å². The van der Waals surface area contributed by atoms with Gasteiger partial charge in [0.15, 0.2) is 0 Å². The maximum atomic E-state index is 10.1. The molecule has 1 aliphatic heterocycles. The molecular weight excluding hydrogens is 184 g/mol. The largest absolute Gasteiger partial charge is 0.550 e. The Hall–Kier alpha value is -1.10. The van der Waals surface area contributed by atoms with Crippen molar-refractivity contribution in [1.82, 2.24) is 4.90 Å². The molecule has 0 N–H and O–H groups in total. The number of aliphatic imine (C=N–C) groups is 1. The fourth-order valence-electron chi connectivity index (χ4n) is 1.30. The quantitative estimate of drug-likeness (QED) is 0.508. The summed E-state index contributed by atoms with van der Waals surface area (Å²) in [5.74, 6) is -0.0302. The first kappa shape index (κ1) is 11.0. The molecule has 0 aromatic heterocycles. The van der Waals surface area contributed by atoms with E-state index >= 15 is 0 Å². The van der Waals surface area contributed by atoms with E-state index in [1.165, 1.54) is 0 Å². The van der Waals surface area contributed by atoms with Crippen molar-refractivity contribution < 1.29 is 14.6 Å². The van der Waals surface area contributed by atoms with E-state index in [0.29, 0.717) is 6.61 Å². The van der Waals surface area contributed by atoms with Gasteiger partial charge in [-0.05, 0) is 6.92 Å². The van der Waals surface area contributed by atoms with Gasteiger partial charge in [-0.2, -0.15) is 0 Å². The normalized spacial score (nSPS) is 15.8. The second kappa shape index (κ2) is 5.59. The Labute approximate surface area is 83.4 Å². The molecule has 0 saturated carbocycles. The molecule has 5 nitrogen and oxygen atoms in total. The second-order valence-electron chi connectivity index (χ2n) is 3.15. The van der Waals surface area contributed by atoms with Crippen LogP contribution in [-0.4, -0.2) is 49.6 Å². The summed E-state index contributed by atoms with van der Waals surface area (Å²) < 4.78 is 5.14. The van der Waals surface area contributed by atoms with Crippen LogP contribution in [0.1, 0.15) is 13.3 Å². The van der Waals surface area contributed by atoms with Gasteiger partial charge in [-0.3, -0.25) is 4.99 Å². The molecule has 80 valence electrons. The first-order valence-electron chi connectivity index (χ1n) is 4.74. The van der Waals surface area contributed by atoms with Gasteiger partial charge in [-0.15, -0.1) is 0 Å². The van der Waals surface area contributed by atoms with E-state index in [9.17, 15) is 9.90 Å². The molecule has 0 radical (unpaired) electrons. The van der Waals surface area contributed by atoms with E-state index in [1.807, 2.05) is 6.92 Å². The van der Waals surface area contributed by atoms with E-state index in [2.05, 4.69) is 9.89 Å². The molecule has 0 saturated heterocycles. The van der Waals surface area contributed by atoms with E-state index in [1.54, 1.807) is 0 Å². The molecule has 0 unspecified atom stereocenters. The number of hydrogen-bond donors (Lipinski definition) is 0. The van der Waals surface area contributed by atoms with Crippen molar-refractivity contribution in [3.05, 3.63) is 0 Å². The number of carboxylic acid groups (broad SMARTS) is 1. The van der Waals surface area contributed by atoms with Crippen molar-refractivity contribution in [3.63, 3.8) is 0 Å². The number of hydrogen-bond acceptors (Lipinski definition) is 5. The van der Waals surface area contributed by atoms with Gasteiger partial charge in [-0.1, -0.05) is 0 Å². The SMILES string of the molecule is CC1=NCCN1CCOCCC(=O)[O-]. The molecule has 0 fully saturated rings. The zero-order valence-electron chi connectivity index (χ0n) is 8.36. The Bertz CT molecular complexity index is 228. The fraction of sp³-hybridized carbons (Fsp3) is 0.778. The molecule has 0 amide bonds. The van der Waals surface area contributed by atoms with Crippen LogP contribution in [0.25, 0.3) is 0 Å². The van der Waals surface area contributed by atoms with Crippen molar-refractivity contribution in [2.45, 2.75) is 13.3 Å². The molecule has 0 bridgehead atoms. The van der Waals surface area contributed by atoms with E-state index < -0.39 is 5.97 Å². The molecule has 0 aromatic carbocycles. The molecule has 14 heavy (non-hydrogen) atoms. The van der Waals surface area contributed by atoms with Gasteiger partial charge in [-0.25, -0.2) is 0 Å². The summed E-state index contributed by atoms with van der Waals surface area (Å²) in [5, 5.41) is 10.1. The molecule has 1 rings (SSSR count). The average molecular weight is 199 g/mol. The zero-order valence-corrected chi connectivity index (χ0v) is 8.36. The first-order chi connectivity index (χ1) is 6.70. The Kier molecular flexibility index (Phi) is 4.39. The summed E-state index contributed by atoms with van der Waals surface area (Å²) in [5.41, 5.74) is 0. The van der Waals surface area contributed by atoms with Crippen LogP contribution < -0.4 is 5.11 Å². The summed E-state index contributed by atoms with van der Waals surface area (Å²) in [6.45, 7) is 5.31. The highest BCUT2D eigenvalue weighted by molar-refractivity contribution is 5.81. The Morgan fingerprint density at radius 3 is 3.00 bits per heavy atom. The van der Waals surface area contributed by atoms with Gasteiger partial charge in [0.2, 0.25) is 0 Å². The van der Waals surface area contributed by atoms with Gasteiger partial charge >= 0.3 is 0 Å². The van der Waals surface area contributed by atoms with Gasteiger partial charge in [0.1, 0.15) is 0 Å². The van der Waals surface area contributed by atoms with Crippen LogP contribution in [0.4, 0.5) is 0 Å².